The first-order chi connectivity index (χ1) is 14.7. The van der Waals surface area contributed by atoms with Crippen molar-refractivity contribution in [3.63, 3.8) is 0 Å². The van der Waals surface area contributed by atoms with Gasteiger partial charge in [0.1, 0.15) is 12.7 Å². The van der Waals surface area contributed by atoms with Crippen LogP contribution in [0.4, 0.5) is 0 Å². The van der Waals surface area contributed by atoms with Gasteiger partial charge in [0.05, 0.1) is 0 Å². The van der Waals surface area contributed by atoms with Gasteiger partial charge in [-0.2, -0.15) is 0 Å². The molecule has 0 spiro atoms. The number of hydrogen-bond acceptors (Lipinski definition) is 10. The zero-order valence-corrected chi connectivity index (χ0v) is 17.7. The Bertz CT molecular complexity index is 823. The average Bonchev–Trinajstić information content (AvgIpc) is 2.67. The first-order valence-electron chi connectivity index (χ1n) is 9.56. The van der Waals surface area contributed by atoms with Crippen molar-refractivity contribution < 1.29 is 42.9 Å². The van der Waals surface area contributed by atoms with Crippen LogP contribution < -0.4 is 0 Å². The lowest BCUT2D eigenvalue weighted by Crippen LogP contribution is -2.61. The van der Waals surface area contributed by atoms with Crippen molar-refractivity contribution >= 4 is 30.1 Å². The number of aliphatic imine (C=N–C) groups is 1. The van der Waals surface area contributed by atoms with Gasteiger partial charge in [-0.1, -0.05) is 30.3 Å². The second kappa shape index (κ2) is 11.2. The van der Waals surface area contributed by atoms with E-state index in [0.29, 0.717) is 0 Å². The van der Waals surface area contributed by atoms with E-state index < -0.39 is 54.5 Å². The molecule has 0 bridgehead atoms. The van der Waals surface area contributed by atoms with Crippen molar-refractivity contribution in [1.82, 2.24) is 0 Å². The largest absolute Gasteiger partial charge is 0.463 e. The lowest BCUT2D eigenvalue weighted by molar-refractivity contribution is -0.266. The minimum Gasteiger partial charge on any atom is -0.463 e. The van der Waals surface area contributed by atoms with Crippen molar-refractivity contribution in [3.8, 4) is 0 Å². The van der Waals surface area contributed by atoms with E-state index in [1.54, 1.807) is 12.1 Å². The number of rotatable bonds is 7. The summed E-state index contributed by atoms with van der Waals surface area (Å²) in [6.07, 6.45) is -3.18. The topological polar surface area (TPSA) is 127 Å². The molecule has 2 rings (SSSR count). The smallest absolute Gasteiger partial charge is 0.305 e. The summed E-state index contributed by atoms with van der Waals surface area (Å²) in [4.78, 5) is 50.9. The molecule has 0 N–H and O–H groups in total. The molecule has 1 saturated heterocycles. The quantitative estimate of drug-likeness (QED) is 0.352. The van der Waals surface area contributed by atoms with Crippen molar-refractivity contribution in [1.29, 1.82) is 0 Å². The van der Waals surface area contributed by atoms with E-state index in [2.05, 4.69) is 4.99 Å². The van der Waals surface area contributed by atoms with Crippen LogP contribution in [0.5, 0.6) is 0 Å². The van der Waals surface area contributed by atoms with Crippen molar-refractivity contribution in [3.05, 3.63) is 35.9 Å². The molecule has 31 heavy (non-hydrogen) atoms. The summed E-state index contributed by atoms with van der Waals surface area (Å²) in [6.45, 7) is 4.41. The molecule has 0 radical (unpaired) electrons. The molecule has 10 nitrogen and oxygen atoms in total. The Hall–Kier alpha value is -3.27. The second-order valence-electron chi connectivity index (χ2n) is 6.78. The molecule has 168 valence electrons. The van der Waals surface area contributed by atoms with Crippen LogP contribution in [0, 0.1) is 0 Å². The molecule has 0 unspecified atom stereocenters. The van der Waals surface area contributed by atoms with Gasteiger partial charge in [0.25, 0.3) is 0 Å². The molecule has 1 fully saturated rings. The minimum atomic E-state index is -1.28. The fraction of sp³-hybridized carbons (Fsp3) is 0.476. The van der Waals surface area contributed by atoms with E-state index in [9.17, 15) is 19.2 Å². The van der Waals surface area contributed by atoms with Crippen molar-refractivity contribution in [2.75, 3.05) is 6.61 Å². The predicted molar refractivity (Wildman–Crippen MR) is 106 cm³/mol. The Balaban J connectivity index is 2.45. The molecule has 1 aliphatic rings. The van der Waals surface area contributed by atoms with Crippen LogP contribution in [0.3, 0.4) is 0 Å². The molecule has 0 aliphatic carbocycles. The number of esters is 4. The van der Waals surface area contributed by atoms with Crippen molar-refractivity contribution in [2.24, 2.45) is 4.99 Å². The summed E-state index contributed by atoms with van der Waals surface area (Å²) >= 11 is 0. The van der Waals surface area contributed by atoms with Crippen LogP contribution in [0.1, 0.15) is 33.3 Å². The maximum atomic E-state index is 11.8. The van der Waals surface area contributed by atoms with Gasteiger partial charge in [-0.3, -0.25) is 24.2 Å². The highest BCUT2D eigenvalue weighted by molar-refractivity contribution is 5.79. The maximum absolute atomic E-state index is 11.8. The van der Waals surface area contributed by atoms with Gasteiger partial charge in [0.15, 0.2) is 18.2 Å². The zero-order valence-electron chi connectivity index (χ0n) is 17.7. The summed E-state index contributed by atoms with van der Waals surface area (Å²) < 4.78 is 26.8. The van der Waals surface area contributed by atoms with Crippen LogP contribution in [-0.4, -0.2) is 67.3 Å². The van der Waals surface area contributed by atoms with E-state index in [4.69, 9.17) is 23.7 Å². The summed E-state index contributed by atoms with van der Waals surface area (Å²) in [5.41, 5.74) is 0.733. The molecule has 1 aromatic rings. The Morgan fingerprint density at radius 2 is 1.45 bits per heavy atom. The summed E-state index contributed by atoms with van der Waals surface area (Å²) in [6, 6.07) is 7.99. The van der Waals surface area contributed by atoms with E-state index in [0.717, 1.165) is 5.56 Å². The fourth-order valence-electron chi connectivity index (χ4n) is 3.01. The molecule has 10 heteroatoms. The minimum absolute atomic E-state index is 0.321. The maximum Gasteiger partial charge on any atom is 0.305 e. The molecule has 0 saturated carbocycles. The number of carbonyl (C=O) groups is 4. The molecule has 0 amide bonds. The van der Waals surface area contributed by atoms with Crippen LogP contribution >= 0.6 is 0 Å². The highest BCUT2D eigenvalue weighted by Gasteiger charge is 2.51. The third-order valence-electron chi connectivity index (χ3n) is 4.15. The van der Waals surface area contributed by atoms with E-state index >= 15 is 0 Å². The lowest BCUT2D eigenvalue weighted by atomic mass is 9.96. The zero-order chi connectivity index (χ0) is 23.0. The number of carbonyl (C=O) groups excluding carboxylic acids is 4. The number of ether oxygens (including phenoxy) is 5. The summed E-state index contributed by atoms with van der Waals surface area (Å²) in [5.74, 6) is -2.60. The van der Waals surface area contributed by atoms with Gasteiger partial charge < -0.3 is 23.7 Å². The summed E-state index contributed by atoms with van der Waals surface area (Å²) in [5, 5.41) is 0. The number of hydrogen-bond donors (Lipinski definition) is 0. The molecular weight excluding hydrogens is 410 g/mol. The average molecular weight is 435 g/mol. The van der Waals surface area contributed by atoms with Crippen LogP contribution in [0.15, 0.2) is 35.3 Å². The molecule has 0 aromatic heterocycles. The van der Waals surface area contributed by atoms with Crippen LogP contribution in [-0.2, 0) is 42.9 Å². The van der Waals surface area contributed by atoms with Gasteiger partial charge in [0.2, 0.25) is 6.29 Å². The third kappa shape index (κ3) is 7.49. The molecular formula is C21H25NO9. The lowest BCUT2D eigenvalue weighted by Gasteiger charge is -2.42. The highest BCUT2D eigenvalue weighted by atomic mass is 16.7. The molecule has 1 heterocycles. The Morgan fingerprint density at radius 3 is 2.00 bits per heavy atom. The van der Waals surface area contributed by atoms with Gasteiger partial charge in [-0.15, -0.1) is 0 Å². The van der Waals surface area contributed by atoms with Gasteiger partial charge in [-0.05, 0) is 5.56 Å². The number of benzene rings is 1. The first-order valence-corrected chi connectivity index (χ1v) is 9.56. The SMILES string of the molecule is CC(=O)OC[C@H]1O[C@@H](OC(C)=O)[C@H](N=Cc2ccccc2)[C@@H](OC(C)=O)[C@@H]1OC(C)=O. The predicted octanol–water partition coefficient (Wildman–Crippen LogP) is 1.19. The normalized spacial score (nSPS) is 25.5. The van der Waals surface area contributed by atoms with Crippen molar-refractivity contribution in [2.45, 2.75) is 58.3 Å². The highest BCUT2D eigenvalue weighted by Crippen LogP contribution is 2.30. The second-order valence-corrected chi connectivity index (χ2v) is 6.78. The van der Waals surface area contributed by atoms with Crippen LogP contribution in [0.25, 0.3) is 0 Å². The molecule has 5 atom stereocenters. The van der Waals surface area contributed by atoms with Crippen LogP contribution in [0.2, 0.25) is 0 Å². The van der Waals surface area contributed by atoms with E-state index in [1.165, 1.54) is 33.9 Å². The Kier molecular flexibility index (Phi) is 8.68. The Labute approximate surface area is 179 Å². The first kappa shape index (κ1) is 24.0. The molecule has 1 aliphatic heterocycles. The number of nitrogens with zero attached hydrogens (tertiary/aromatic N) is 1. The van der Waals surface area contributed by atoms with Gasteiger partial charge in [-0.25, -0.2) is 0 Å². The fourth-order valence-corrected chi connectivity index (χ4v) is 3.01. The van der Waals surface area contributed by atoms with Gasteiger partial charge in [0, 0.05) is 33.9 Å². The third-order valence-corrected chi connectivity index (χ3v) is 4.15. The standard InChI is InChI=1S/C21H25NO9/c1-12(23)27-11-17-19(28-13(2)24)20(29-14(3)25)18(21(31-17)30-15(4)26)22-10-16-8-6-5-7-9-16/h5-10,17-21H,11H2,1-4H3/t17-,18-,19-,20-,21-/m1/s1. The summed E-state index contributed by atoms with van der Waals surface area (Å²) in [7, 11) is 0. The monoisotopic (exact) mass is 435 g/mol. The van der Waals surface area contributed by atoms with Gasteiger partial charge >= 0.3 is 23.9 Å². The van der Waals surface area contributed by atoms with E-state index in [1.807, 2.05) is 18.2 Å². The molecule has 1 aromatic carbocycles. The Morgan fingerprint density at radius 1 is 0.871 bits per heavy atom. The van der Waals surface area contributed by atoms with E-state index in [-0.39, 0.29) is 6.61 Å².